The molecule has 1 aromatic heterocycles. The number of para-hydroxylation sites is 1. The standard InChI is InChI=1S/C28H27N5O4/c34-25(30-23-12-10-19(11-13-23)18-6-8-20(9-7-18)27(35)36)26-32-33-28(37-26)31-24-16-14-22(15-17-24)29-21-4-2-1-3-5-21/h1-5,10-18,20,29H,6-9H2,(H,30,34)(H,31,33)(H,35,36)/t18-,20-. The lowest BCUT2D eigenvalue weighted by molar-refractivity contribution is -0.142. The van der Waals surface area contributed by atoms with Crippen LogP contribution in [0.25, 0.3) is 0 Å². The van der Waals surface area contributed by atoms with Crippen LogP contribution in [0.15, 0.2) is 83.3 Å². The Morgan fingerprint density at radius 2 is 1.32 bits per heavy atom. The summed E-state index contributed by atoms with van der Waals surface area (Å²) < 4.78 is 5.49. The molecule has 5 rings (SSSR count). The molecule has 3 aromatic carbocycles. The zero-order valence-electron chi connectivity index (χ0n) is 20.1. The summed E-state index contributed by atoms with van der Waals surface area (Å²) in [6, 6.07) is 25.1. The number of nitrogens with one attached hydrogen (secondary N) is 3. The van der Waals surface area contributed by atoms with Gasteiger partial charge in [0.25, 0.3) is 0 Å². The van der Waals surface area contributed by atoms with Crippen LogP contribution in [0.5, 0.6) is 0 Å². The normalized spacial score (nSPS) is 17.1. The monoisotopic (exact) mass is 497 g/mol. The maximum atomic E-state index is 12.6. The molecule has 0 atom stereocenters. The van der Waals surface area contributed by atoms with Crippen LogP contribution in [0, 0.1) is 5.92 Å². The highest BCUT2D eigenvalue weighted by Gasteiger charge is 2.26. The van der Waals surface area contributed by atoms with Crippen LogP contribution in [0.3, 0.4) is 0 Å². The van der Waals surface area contributed by atoms with E-state index in [4.69, 9.17) is 4.42 Å². The van der Waals surface area contributed by atoms with Gasteiger partial charge in [-0.1, -0.05) is 35.4 Å². The first-order valence-electron chi connectivity index (χ1n) is 12.2. The van der Waals surface area contributed by atoms with Gasteiger partial charge in [0.2, 0.25) is 0 Å². The summed E-state index contributed by atoms with van der Waals surface area (Å²) in [6.45, 7) is 0. The Balaban J connectivity index is 1.14. The Hall–Kier alpha value is -4.66. The fourth-order valence-electron chi connectivity index (χ4n) is 4.51. The van der Waals surface area contributed by atoms with Crippen LogP contribution < -0.4 is 16.0 Å². The number of anilines is 5. The molecular weight excluding hydrogens is 470 g/mol. The zero-order chi connectivity index (χ0) is 25.6. The van der Waals surface area contributed by atoms with Gasteiger partial charge in [0.05, 0.1) is 5.92 Å². The molecule has 37 heavy (non-hydrogen) atoms. The highest BCUT2D eigenvalue weighted by atomic mass is 16.4. The number of carbonyl (C=O) groups is 2. The molecule has 1 fully saturated rings. The number of hydrogen-bond acceptors (Lipinski definition) is 7. The molecule has 4 aromatic rings. The van der Waals surface area contributed by atoms with E-state index in [1.807, 2.05) is 78.9 Å². The minimum absolute atomic E-state index is 0.112. The lowest BCUT2D eigenvalue weighted by Gasteiger charge is -2.26. The molecule has 0 spiro atoms. The van der Waals surface area contributed by atoms with Crippen molar-refractivity contribution in [2.24, 2.45) is 5.92 Å². The summed E-state index contributed by atoms with van der Waals surface area (Å²) in [5.41, 5.74) is 4.43. The lowest BCUT2D eigenvalue weighted by Crippen LogP contribution is -2.20. The zero-order valence-corrected chi connectivity index (χ0v) is 20.1. The summed E-state index contributed by atoms with van der Waals surface area (Å²) in [4.78, 5) is 23.7. The van der Waals surface area contributed by atoms with Crippen LogP contribution in [0.2, 0.25) is 0 Å². The van der Waals surface area contributed by atoms with Crippen molar-refractivity contribution in [1.82, 2.24) is 10.2 Å². The number of carboxylic acids is 1. The van der Waals surface area contributed by atoms with Crippen LogP contribution in [0.1, 0.15) is 47.8 Å². The van der Waals surface area contributed by atoms with Crippen molar-refractivity contribution in [3.05, 3.63) is 90.3 Å². The SMILES string of the molecule is O=C(Nc1ccc([C@H]2CC[C@H](C(=O)O)CC2)cc1)c1nnc(Nc2ccc(Nc3ccccc3)cc2)o1. The molecule has 9 nitrogen and oxygen atoms in total. The Labute approximate surface area is 213 Å². The summed E-state index contributed by atoms with van der Waals surface area (Å²) in [5.74, 6) is -1.25. The van der Waals surface area contributed by atoms with Crippen molar-refractivity contribution in [2.45, 2.75) is 31.6 Å². The van der Waals surface area contributed by atoms with Crippen molar-refractivity contribution in [1.29, 1.82) is 0 Å². The molecule has 1 aliphatic rings. The Kier molecular flexibility index (Phi) is 7.12. The molecule has 0 aliphatic heterocycles. The molecule has 0 saturated heterocycles. The topological polar surface area (TPSA) is 129 Å². The highest BCUT2D eigenvalue weighted by molar-refractivity contribution is 6.00. The molecule has 0 radical (unpaired) electrons. The van der Waals surface area contributed by atoms with Gasteiger partial charge in [0, 0.05) is 22.7 Å². The molecule has 1 heterocycles. The average molecular weight is 498 g/mol. The number of benzene rings is 3. The van der Waals surface area contributed by atoms with Crippen LogP contribution in [-0.2, 0) is 4.79 Å². The number of aromatic nitrogens is 2. The van der Waals surface area contributed by atoms with Crippen molar-refractivity contribution < 1.29 is 19.1 Å². The van der Waals surface area contributed by atoms with E-state index in [9.17, 15) is 14.7 Å². The number of rotatable bonds is 8. The van der Waals surface area contributed by atoms with Crippen LogP contribution >= 0.6 is 0 Å². The van der Waals surface area contributed by atoms with E-state index >= 15 is 0 Å². The van der Waals surface area contributed by atoms with Gasteiger partial charge >= 0.3 is 23.8 Å². The van der Waals surface area contributed by atoms with Crippen molar-refractivity contribution >= 4 is 40.6 Å². The number of nitrogens with zero attached hydrogens (tertiary/aromatic N) is 2. The number of amides is 1. The molecule has 9 heteroatoms. The molecule has 0 bridgehead atoms. The van der Waals surface area contributed by atoms with E-state index in [0.29, 0.717) is 24.4 Å². The molecule has 1 amide bonds. The predicted octanol–water partition coefficient (Wildman–Crippen LogP) is 6.17. The summed E-state index contributed by atoms with van der Waals surface area (Å²) in [7, 11) is 0. The van der Waals surface area contributed by atoms with Gasteiger partial charge in [0.1, 0.15) is 0 Å². The Morgan fingerprint density at radius 1 is 0.730 bits per heavy atom. The highest BCUT2D eigenvalue weighted by Crippen LogP contribution is 2.36. The van der Waals surface area contributed by atoms with Gasteiger partial charge in [-0.15, -0.1) is 5.10 Å². The summed E-state index contributed by atoms with van der Waals surface area (Å²) >= 11 is 0. The number of carbonyl (C=O) groups excluding carboxylic acids is 1. The van der Waals surface area contributed by atoms with E-state index in [1.165, 1.54) is 0 Å². The lowest BCUT2D eigenvalue weighted by atomic mass is 9.79. The third-order valence-electron chi connectivity index (χ3n) is 6.53. The van der Waals surface area contributed by atoms with Crippen molar-refractivity contribution in [3.8, 4) is 0 Å². The smallest absolute Gasteiger partial charge is 0.320 e. The molecule has 4 N–H and O–H groups in total. The fraction of sp³-hybridized carbons (Fsp3) is 0.214. The van der Waals surface area contributed by atoms with Gasteiger partial charge in [-0.2, -0.15) is 0 Å². The first-order valence-corrected chi connectivity index (χ1v) is 12.2. The molecule has 0 unspecified atom stereocenters. The molecule has 188 valence electrons. The minimum Gasteiger partial charge on any atom is -0.481 e. The number of aliphatic carboxylic acids is 1. The number of hydrogen-bond donors (Lipinski definition) is 4. The van der Waals surface area contributed by atoms with Gasteiger partial charge in [-0.3, -0.25) is 9.59 Å². The van der Waals surface area contributed by atoms with E-state index < -0.39 is 11.9 Å². The number of carboxylic acid groups (broad SMARTS) is 1. The summed E-state index contributed by atoms with van der Waals surface area (Å²) in [6.07, 6.45) is 3.10. The first-order chi connectivity index (χ1) is 18.0. The predicted molar refractivity (Wildman–Crippen MR) is 140 cm³/mol. The molecular formula is C28H27N5O4. The summed E-state index contributed by atoms with van der Waals surface area (Å²) in [5, 5.41) is 26.0. The van der Waals surface area contributed by atoms with E-state index in [1.54, 1.807) is 0 Å². The van der Waals surface area contributed by atoms with E-state index in [0.717, 1.165) is 35.5 Å². The van der Waals surface area contributed by atoms with Crippen molar-refractivity contribution in [3.63, 3.8) is 0 Å². The Bertz CT molecular complexity index is 1350. The van der Waals surface area contributed by atoms with Crippen molar-refractivity contribution in [2.75, 3.05) is 16.0 Å². The van der Waals surface area contributed by atoms with Crippen LogP contribution in [-0.4, -0.2) is 27.2 Å². The fourth-order valence-corrected chi connectivity index (χ4v) is 4.51. The largest absolute Gasteiger partial charge is 0.481 e. The molecule has 1 saturated carbocycles. The van der Waals surface area contributed by atoms with Gasteiger partial charge < -0.3 is 25.5 Å². The third-order valence-corrected chi connectivity index (χ3v) is 6.53. The van der Waals surface area contributed by atoms with Gasteiger partial charge in [-0.05, 0) is 85.7 Å². The maximum Gasteiger partial charge on any atom is 0.320 e. The van der Waals surface area contributed by atoms with Gasteiger partial charge in [-0.25, -0.2) is 0 Å². The van der Waals surface area contributed by atoms with Crippen LogP contribution in [0.4, 0.5) is 28.8 Å². The van der Waals surface area contributed by atoms with Gasteiger partial charge in [0.15, 0.2) is 0 Å². The van der Waals surface area contributed by atoms with E-state index in [-0.39, 0.29) is 17.8 Å². The Morgan fingerprint density at radius 3 is 1.97 bits per heavy atom. The second kappa shape index (κ2) is 10.9. The quantitative estimate of drug-likeness (QED) is 0.227. The second-order valence-electron chi connectivity index (χ2n) is 9.07. The minimum atomic E-state index is -0.704. The third kappa shape index (κ3) is 6.13. The maximum absolute atomic E-state index is 12.6. The average Bonchev–Trinajstić information content (AvgIpc) is 3.40. The second-order valence-corrected chi connectivity index (χ2v) is 9.07. The molecule has 1 aliphatic carbocycles. The van der Waals surface area contributed by atoms with E-state index in [2.05, 4.69) is 26.1 Å². The first kappa shape index (κ1) is 24.1.